The van der Waals surface area contributed by atoms with Crippen LogP contribution in [0, 0.1) is 13.8 Å². The van der Waals surface area contributed by atoms with E-state index in [0.29, 0.717) is 24.5 Å². The number of carbonyl (C=O) groups is 1. The van der Waals surface area contributed by atoms with E-state index in [1.807, 2.05) is 43.3 Å². The Bertz CT molecular complexity index is 1170. The number of aromatic nitrogens is 2. The Morgan fingerprint density at radius 1 is 1.16 bits per heavy atom. The first-order valence-corrected chi connectivity index (χ1v) is 11.1. The molecular formula is C24H25BrN4O2. The number of amides is 1. The van der Waals surface area contributed by atoms with E-state index >= 15 is 0 Å². The molecule has 0 saturated carbocycles. The molecule has 0 atom stereocenters. The second-order valence-electron chi connectivity index (χ2n) is 7.95. The van der Waals surface area contributed by atoms with Crippen molar-refractivity contribution in [2.24, 2.45) is 0 Å². The zero-order valence-corrected chi connectivity index (χ0v) is 19.3. The minimum absolute atomic E-state index is 0.0566. The van der Waals surface area contributed by atoms with E-state index in [-0.39, 0.29) is 18.0 Å². The Kier molecular flexibility index (Phi) is 6.34. The molecule has 0 unspecified atom stereocenters. The molecule has 4 rings (SSSR count). The van der Waals surface area contributed by atoms with Crippen LogP contribution in [-0.2, 0) is 30.8 Å². The Morgan fingerprint density at radius 3 is 2.68 bits per heavy atom. The molecule has 3 aromatic rings. The molecule has 0 bridgehead atoms. The molecule has 7 heteroatoms. The predicted molar refractivity (Wildman–Crippen MR) is 125 cm³/mol. The predicted octanol–water partition coefficient (Wildman–Crippen LogP) is 3.82. The van der Waals surface area contributed by atoms with Crippen LogP contribution in [0.3, 0.4) is 0 Å². The molecule has 0 saturated heterocycles. The molecule has 160 valence electrons. The fraction of sp³-hybridized carbons (Fsp3) is 0.292. The van der Waals surface area contributed by atoms with Gasteiger partial charge < -0.3 is 5.32 Å². The molecular weight excluding hydrogens is 456 g/mol. The maximum absolute atomic E-state index is 13.1. The van der Waals surface area contributed by atoms with Crippen LogP contribution in [0.25, 0.3) is 0 Å². The number of nitrogens with zero attached hydrogens (tertiary/aromatic N) is 3. The van der Waals surface area contributed by atoms with Crippen molar-refractivity contribution in [3.8, 4) is 0 Å². The first-order valence-electron chi connectivity index (χ1n) is 10.3. The molecule has 1 amide bonds. The average molecular weight is 481 g/mol. The summed E-state index contributed by atoms with van der Waals surface area (Å²) in [5, 5.41) is 2.87. The van der Waals surface area contributed by atoms with Gasteiger partial charge >= 0.3 is 0 Å². The van der Waals surface area contributed by atoms with Crippen molar-refractivity contribution in [3.63, 3.8) is 0 Å². The summed E-state index contributed by atoms with van der Waals surface area (Å²) in [7, 11) is 0. The lowest BCUT2D eigenvalue weighted by Gasteiger charge is -2.28. The van der Waals surface area contributed by atoms with Crippen molar-refractivity contribution in [2.75, 3.05) is 11.9 Å². The number of aryl methyl sites for hydroxylation is 2. The van der Waals surface area contributed by atoms with E-state index < -0.39 is 0 Å². The van der Waals surface area contributed by atoms with Gasteiger partial charge in [0, 0.05) is 29.7 Å². The molecule has 0 spiro atoms. The lowest BCUT2D eigenvalue weighted by atomic mass is 10.1. The van der Waals surface area contributed by atoms with E-state index in [4.69, 9.17) is 0 Å². The van der Waals surface area contributed by atoms with Crippen molar-refractivity contribution in [1.82, 2.24) is 14.5 Å². The highest BCUT2D eigenvalue weighted by molar-refractivity contribution is 9.10. The van der Waals surface area contributed by atoms with Gasteiger partial charge in [-0.2, -0.15) is 0 Å². The third-order valence-corrected chi connectivity index (χ3v) is 6.20. The van der Waals surface area contributed by atoms with Crippen LogP contribution in [0.1, 0.15) is 28.2 Å². The number of fused-ring (bicyclic) bond motifs is 1. The van der Waals surface area contributed by atoms with Gasteiger partial charge in [-0.1, -0.05) is 36.4 Å². The summed E-state index contributed by atoms with van der Waals surface area (Å²) in [4.78, 5) is 32.7. The van der Waals surface area contributed by atoms with Crippen LogP contribution in [0.2, 0.25) is 0 Å². The fourth-order valence-electron chi connectivity index (χ4n) is 3.92. The molecule has 0 radical (unpaired) electrons. The summed E-state index contributed by atoms with van der Waals surface area (Å²) in [6, 6.07) is 16.0. The van der Waals surface area contributed by atoms with Gasteiger partial charge in [0.25, 0.3) is 5.56 Å². The smallest absolute Gasteiger partial charge is 0.257 e. The SMILES string of the molecule is Cc1ccc(NC(=O)Cn2c(C)nc3c(c2=O)CCN(Cc2ccccc2)C3)c(Br)c1. The molecule has 1 N–H and O–H groups in total. The number of hydrogen-bond acceptors (Lipinski definition) is 4. The molecule has 1 aliphatic rings. The van der Waals surface area contributed by atoms with Crippen molar-refractivity contribution in [1.29, 1.82) is 0 Å². The fourth-order valence-corrected chi connectivity index (χ4v) is 4.51. The van der Waals surface area contributed by atoms with Crippen LogP contribution in [0.15, 0.2) is 57.8 Å². The van der Waals surface area contributed by atoms with E-state index in [1.54, 1.807) is 6.92 Å². The summed E-state index contributed by atoms with van der Waals surface area (Å²) in [5.41, 5.74) is 4.46. The standard InChI is InChI=1S/C24H25BrN4O2/c1-16-8-9-21(20(25)12-16)27-23(30)15-29-17(2)26-22-14-28(11-10-19(22)24(29)31)13-18-6-4-3-5-7-18/h3-9,12H,10-11,13-15H2,1-2H3,(H,27,30). The first-order chi connectivity index (χ1) is 14.9. The highest BCUT2D eigenvalue weighted by atomic mass is 79.9. The minimum Gasteiger partial charge on any atom is -0.324 e. The van der Waals surface area contributed by atoms with Crippen molar-refractivity contribution < 1.29 is 4.79 Å². The maximum atomic E-state index is 13.1. The molecule has 1 aromatic heterocycles. The van der Waals surface area contributed by atoms with Gasteiger partial charge in [-0.25, -0.2) is 4.98 Å². The summed E-state index contributed by atoms with van der Waals surface area (Å²) >= 11 is 3.47. The lowest BCUT2D eigenvalue weighted by molar-refractivity contribution is -0.116. The number of halogens is 1. The molecule has 0 fully saturated rings. The summed E-state index contributed by atoms with van der Waals surface area (Å²) in [6.45, 7) is 5.98. The third kappa shape index (κ3) is 4.94. The number of nitrogens with one attached hydrogen (secondary N) is 1. The topological polar surface area (TPSA) is 67.2 Å². The van der Waals surface area contributed by atoms with Gasteiger partial charge in [0.05, 0.1) is 11.4 Å². The molecule has 2 aromatic carbocycles. The zero-order valence-electron chi connectivity index (χ0n) is 17.7. The number of hydrogen-bond donors (Lipinski definition) is 1. The quantitative estimate of drug-likeness (QED) is 0.602. The van der Waals surface area contributed by atoms with Crippen molar-refractivity contribution >= 4 is 27.5 Å². The van der Waals surface area contributed by atoms with E-state index in [1.165, 1.54) is 10.1 Å². The van der Waals surface area contributed by atoms with Crippen molar-refractivity contribution in [3.05, 3.63) is 91.6 Å². The largest absolute Gasteiger partial charge is 0.324 e. The first kappa shape index (κ1) is 21.5. The van der Waals surface area contributed by atoms with Crippen molar-refractivity contribution in [2.45, 2.75) is 39.9 Å². The highest BCUT2D eigenvalue weighted by Gasteiger charge is 2.23. The minimum atomic E-state index is -0.252. The Morgan fingerprint density at radius 2 is 1.94 bits per heavy atom. The number of carbonyl (C=O) groups excluding carboxylic acids is 1. The Hall–Kier alpha value is -2.77. The van der Waals surface area contributed by atoms with E-state index in [0.717, 1.165) is 34.4 Å². The van der Waals surface area contributed by atoms with E-state index in [9.17, 15) is 9.59 Å². The molecule has 0 aliphatic carbocycles. The maximum Gasteiger partial charge on any atom is 0.257 e. The van der Waals surface area contributed by atoms with Gasteiger partial charge in [0.15, 0.2) is 0 Å². The van der Waals surface area contributed by atoms with Crippen LogP contribution >= 0.6 is 15.9 Å². The molecule has 2 heterocycles. The summed E-state index contributed by atoms with van der Waals surface area (Å²) in [6.07, 6.45) is 0.638. The summed E-state index contributed by atoms with van der Waals surface area (Å²) in [5.74, 6) is 0.307. The molecule has 1 aliphatic heterocycles. The van der Waals surface area contributed by atoms with Crippen LogP contribution in [-0.4, -0.2) is 26.9 Å². The molecule has 6 nitrogen and oxygen atoms in total. The van der Waals surface area contributed by atoms with Crippen LogP contribution in [0.5, 0.6) is 0 Å². The third-order valence-electron chi connectivity index (χ3n) is 5.54. The second kappa shape index (κ2) is 9.16. The van der Waals surface area contributed by atoms with E-state index in [2.05, 4.69) is 43.3 Å². The highest BCUT2D eigenvalue weighted by Crippen LogP contribution is 2.23. The van der Waals surface area contributed by atoms with Gasteiger partial charge in [-0.15, -0.1) is 0 Å². The zero-order chi connectivity index (χ0) is 22.0. The Labute approximate surface area is 190 Å². The van der Waals surface area contributed by atoms with Crippen LogP contribution in [0.4, 0.5) is 5.69 Å². The summed E-state index contributed by atoms with van der Waals surface area (Å²) < 4.78 is 2.29. The molecule has 31 heavy (non-hydrogen) atoms. The lowest BCUT2D eigenvalue weighted by Crippen LogP contribution is -2.39. The van der Waals surface area contributed by atoms with Gasteiger partial charge in [-0.05, 0) is 59.5 Å². The van der Waals surface area contributed by atoms with Gasteiger partial charge in [-0.3, -0.25) is 19.1 Å². The van der Waals surface area contributed by atoms with Gasteiger partial charge in [0.1, 0.15) is 12.4 Å². The normalized spacial score (nSPS) is 13.6. The average Bonchev–Trinajstić information content (AvgIpc) is 2.74. The Balaban J connectivity index is 1.49. The van der Waals surface area contributed by atoms with Crippen LogP contribution < -0.4 is 10.9 Å². The number of anilines is 1. The monoisotopic (exact) mass is 480 g/mol. The number of benzene rings is 2. The number of rotatable bonds is 5. The van der Waals surface area contributed by atoms with Gasteiger partial charge in [0.2, 0.25) is 5.91 Å². The second-order valence-corrected chi connectivity index (χ2v) is 8.81.